The third-order valence-corrected chi connectivity index (χ3v) is 5.13. The summed E-state index contributed by atoms with van der Waals surface area (Å²) in [5.74, 6) is -0.420. The lowest BCUT2D eigenvalue weighted by atomic mass is 10.1. The first-order valence-corrected chi connectivity index (χ1v) is 6.96. The highest BCUT2D eigenvalue weighted by molar-refractivity contribution is 9.09. The minimum Gasteiger partial charge on any atom is -0.205 e. The summed E-state index contributed by atoms with van der Waals surface area (Å²) in [5, 5.41) is 2.71. The molecule has 16 heavy (non-hydrogen) atoms. The van der Waals surface area contributed by atoms with Gasteiger partial charge in [-0.1, -0.05) is 45.2 Å². The average Bonchev–Trinajstić information content (AvgIpc) is 2.67. The van der Waals surface area contributed by atoms with Gasteiger partial charge in [0, 0.05) is 4.88 Å². The molecule has 1 heterocycles. The van der Waals surface area contributed by atoms with E-state index in [9.17, 15) is 4.39 Å². The molecule has 0 spiro atoms. The predicted octanol–water partition coefficient (Wildman–Crippen LogP) is 5.68. The van der Waals surface area contributed by atoms with Crippen LogP contribution in [-0.2, 0) is 0 Å². The van der Waals surface area contributed by atoms with Crippen molar-refractivity contribution in [2.24, 2.45) is 0 Å². The highest BCUT2D eigenvalue weighted by Crippen LogP contribution is 2.39. The quantitative estimate of drug-likeness (QED) is 0.617. The normalized spacial score (nSPS) is 12.8. The second kappa shape index (κ2) is 5.05. The molecule has 0 amide bonds. The summed E-state index contributed by atoms with van der Waals surface area (Å²) in [4.78, 5) is 0.857. The summed E-state index contributed by atoms with van der Waals surface area (Å²) in [5.41, 5.74) is 0.797. The SMILES string of the molecule is Fc1cc(C(Br)c2sccc2Cl)ccc1Cl. The topological polar surface area (TPSA) is 0 Å². The Morgan fingerprint density at radius 3 is 2.50 bits per heavy atom. The van der Waals surface area contributed by atoms with Crippen molar-refractivity contribution >= 4 is 50.5 Å². The van der Waals surface area contributed by atoms with Crippen LogP contribution in [0, 0.1) is 5.82 Å². The third-order valence-electron chi connectivity index (χ3n) is 2.11. The summed E-state index contributed by atoms with van der Waals surface area (Å²) in [7, 11) is 0. The molecule has 1 atom stereocenters. The Morgan fingerprint density at radius 2 is 1.94 bits per heavy atom. The highest BCUT2D eigenvalue weighted by atomic mass is 79.9. The van der Waals surface area contributed by atoms with Crippen molar-refractivity contribution < 1.29 is 4.39 Å². The van der Waals surface area contributed by atoms with E-state index in [0.717, 1.165) is 10.4 Å². The molecular weight excluding hydrogens is 334 g/mol. The van der Waals surface area contributed by atoms with Gasteiger partial charge in [-0.2, -0.15) is 0 Å². The molecule has 0 nitrogen and oxygen atoms in total. The molecule has 0 saturated heterocycles. The Hall–Kier alpha value is -0.0900. The molecule has 2 aromatic rings. The van der Waals surface area contributed by atoms with E-state index in [1.165, 1.54) is 17.4 Å². The molecule has 0 bridgehead atoms. The van der Waals surface area contributed by atoms with Gasteiger partial charge in [0.1, 0.15) is 5.82 Å². The van der Waals surface area contributed by atoms with Crippen molar-refractivity contribution in [3.63, 3.8) is 0 Å². The standard InChI is InChI=1S/C11H6BrCl2FS/c12-10(11-8(14)3-4-16-11)6-1-2-7(13)9(15)5-6/h1-5,10H. The first-order valence-electron chi connectivity index (χ1n) is 4.41. The Kier molecular flexibility index (Phi) is 3.90. The van der Waals surface area contributed by atoms with Crippen molar-refractivity contribution in [1.29, 1.82) is 0 Å². The van der Waals surface area contributed by atoms with Gasteiger partial charge in [0.05, 0.1) is 14.9 Å². The highest BCUT2D eigenvalue weighted by Gasteiger charge is 2.16. The van der Waals surface area contributed by atoms with Crippen LogP contribution in [0.15, 0.2) is 29.6 Å². The zero-order valence-electron chi connectivity index (χ0n) is 7.88. The fourth-order valence-corrected chi connectivity index (χ4v) is 3.58. The molecular formula is C11H6BrCl2FS. The Morgan fingerprint density at radius 1 is 1.19 bits per heavy atom. The van der Waals surface area contributed by atoms with E-state index in [-0.39, 0.29) is 9.85 Å². The number of alkyl halides is 1. The molecule has 1 aromatic carbocycles. The van der Waals surface area contributed by atoms with Crippen LogP contribution < -0.4 is 0 Å². The first-order chi connectivity index (χ1) is 7.59. The van der Waals surface area contributed by atoms with E-state index < -0.39 is 5.82 Å². The van der Waals surface area contributed by atoms with Crippen LogP contribution in [-0.4, -0.2) is 0 Å². The van der Waals surface area contributed by atoms with Crippen molar-refractivity contribution in [2.75, 3.05) is 0 Å². The summed E-state index contributed by atoms with van der Waals surface area (Å²) >= 11 is 16.7. The average molecular weight is 340 g/mol. The lowest BCUT2D eigenvalue weighted by Gasteiger charge is -2.09. The molecule has 1 aromatic heterocycles. The zero-order valence-corrected chi connectivity index (χ0v) is 11.8. The van der Waals surface area contributed by atoms with Crippen LogP contribution in [0.3, 0.4) is 0 Å². The van der Waals surface area contributed by atoms with E-state index in [4.69, 9.17) is 23.2 Å². The van der Waals surface area contributed by atoms with Crippen LogP contribution in [0.4, 0.5) is 4.39 Å². The second-order valence-corrected chi connectivity index (χ2v) is 5.85. The molecule has 0 fully saturated rings. The van der Waals surface area contributed by atoms with Crippen molar-refractivity contribution in [3.05, 3.63) is 55.9 Å². The molecule has 0 aliphatic heterocycles. The Bertz CT molecular complexity index is 512. The number of hydrogen-bond donors (Lipinski definition) is 0. The van der Waals surface area contributed by atoms with Crippen molar-refractivity contribution in [3.8, 4) is 0 Å². The van der Waals surface area contributed by atoms with Crippen LogP contribution in [0.5, 0.6) is 0 Å². The second-order valence-electron chi connectivity index (χ2n) is 3.17. The van der Waals surface area contributed by atoms with Gasteiger partial charge in [-0.3, -0.25) is 0 Å². The summed E-state index contributed by atoms with van der Waals surface area (Å²) in [6.07, 6.45) is 0. The monoisotopic (exact) mass is 338 g/mol. The largest absolute Gasteiger partial charge is 0.205 e. The fraction of sp³-hybridized carbons (Fsp3) is 0.0909. The Labute approximate surface area is 115 Å². The number of rotatable bonds is 2. The first kappa shape index (κ1) is 12.4. The molecule has 5 heteroatoms. The van der Waals surface area contributed by atoms with Gasteiger partial charge in [-0.05, 0) is 29.1 Å². The lowest BCUT2D eigenvalue weighted by molar-refractivity contribution is 0.626. The number of hydrogen-bond acceptors (Lipinski definition) is 1. The fourth-order valence-electron chi connectivity index (χ4n) is 1.31. The van der Waals surface area contributed by atoms with Gasteiger partial charge in [-0.25, -0.2) is 4.39 Å². The van der Waals surface area contributed by atoms with Gasteiger partial charge in [0.2, 0.25) is 0 Å². The molecule has 0 radical (unpaired) electrons. The maximum absolute atomic E-state index is 13.3. The maximum atomic E-state index is 13.3. The van der Waals surface area contributed by atoms with Crippen LogP contribution >= 0.6 is 50.5 Å². The van der Waals surface area contributed by atoms with Crippen LogP contribution in [0.2, 0.25) is 10.0 Å². The van der Waals surface area contributed by atoms with Crippen molar-refractivity contribution in [2.45, 2.75) is 4.83 Å². The minimum absolute atomic E-state index is 0.105. The van der Waals surface area contributed by atoms with E-state index >= 15 is 0 Å². The van der Waals surface area contributed by atoms with Gasteiger partial charge in [0.15, 0.2) is 0 Å². The molecule has 84 valence electrons. The predicted molar refractivity (Wildman–Crippen MR) is 71.5 cm³/mol. The molecule has 1 unspecified atom stereocenters. The van der Waals surface area contributed by atoms with E-state index in [1.807, 2.05) is 11.4 Å². The van der Waals surface area contributed by atoms with E-state index in [0.29, 0.717) is 5.02 Å². The van der Waals surface area contributed by atoms with E-state index in [2.05, 4.69) is 15.9 Å². The molecule has 2 rings (SSSR count). The van der Waals surface area contributed by atoms with Gasteiger partial charge >= 0.3 is 0 Å². The number of halogens is 4. The van der Waals surface area contributed by atoms with Gasteiger partial charge in [0.25, 0.3) is 0 Å². The number of benzene rings is 1. The van der Waals surface area contributed by atoms with Gasteiger partial charge < -0.3 is 0 Å². The maximum Gasteiger partial charge on any atom is 0.142 e. The molecule has 0 N–H and O–H groups in total. The Balaban J connectivity index is 2.38. The van der Waals surface area contributed by atoms with Crippen LogP contribution in [0.25, 0.3) is 0 Å². The molecule has 0 aliphatic carbocycles. The zero-order chi connectivity index (χ0) is 11.7. The molecule has 0 aliphatic rings. The summed E-state index contributed by atoms with van der Waals surface area (Å²) < 4.78 is 13.3. The van der Waals surface area contributed by atoms with Crippen LogP contribution in [0.1, 0.15) is 15.3 Å². The summed E-state index contributed by atoms with van der Waals surface area (Å²) in [6.45, 7) is 0. The minimum atomic E-state index is -0.420. The van der Waals surface area contributed by atoms with Gasteiger partial charge in [-0.15, -0.1) is 11.3 Å². The summed E-state index contributed by atoms with van der Waals surface area (Å²) in [6, 6.07) is 6.56. The van der Waals surface area contributed by atoms with Crippen molar-refractivity contribution in [1.82, 2.24) is 0 Å². The lowest BCUT2D eigenvalue weighted by Crippen LogP contribution is -1.91. The number of thiophene rings is 1. The van der Waals surface area contributed by atoms with E-state index in [1.54, 1.807) is 12.1 Å². The smallest absolute Gasteiger partial charge is 0.142 e. The third kappa shape index (κ3) is 2.43. The molecule has 0 saturated carbocycles.